The number of hydrogen-bond donors (Lipinski definition) is 0. The van der Waals surface area contributed by atoms with Crippen molar-refractivity contribution in [2.24, 2.45) is 0 Å². The van der Waals surface area contributed by atoms with E-state index in [4.69, 9.17) is 0 Å². The van der Waals surface area contributed by atoms with E-state index in [2.05, 4.69) is 326 Å². The predicted octanol–water partition coefficient (Wildman–Crippen LogP) is 8.61. The van der Waals surface area contributed by atoms with Crippen molar-refractivity contribution >= 4 is 124 Å². The summed E-state index contributed by atoms with van der Waals surface area (Å²) in [6, 6.07) is 96.7. The normalized spacial score (nSPS) is 13.6. The Bertz CT molecular complexity index is 3020. The fraction of sp³-hybridized carbons (Fsp3) is 0.0625. The maximum atomic E-state index is 2.72. The molecule has 0 unspecified atom stereocenters. The molecule has 71 heavy (non-hydrogen) atoms. The van der Waals surface area contributed by atoms with Crippen molar-refractivity contribution in [3.8, 4) is 9.75 Å². The van der Waals surface area contributed by atoms with Crippen molar-refractivity contribution in [2.75, 3.05) is 0 Å². The highest BCUT2D eigenvalue weighted by Crippen LogP contribution is 2.37. The van der Waals surface area contributed by atoms with Crippen LogP contribution in [-0.2, 0) is 0 Å². The van der Waals surface area contributed by atoms with Gasteiger partial charge in [-0.2, -0.15) is 0 Å². The zero-order valence-corrected chi connectivity index (χ0v) is 47.5. The summed E-state index contributed by atoms with van der Waals surface area (Å²) in [6.07, 6.45) is 0. The van der Waals surface area contributed by atoms with Crippen LogP contribution in [0, 0.1) is 0 Å². The van der Waals surface area contributed by atoms with Crippen LogP contribution < -0.4 is 60.9 Å². The largest absolute Gasteiger partial charge is 0.182 e. The van der Waals surface area contributed by atoms with Crippen molar-refractivity contribution in [2.45, 2.75) is 26.2 Å². The van der Waals surface area contributed by atoms with Gasteiger partial charge in [0.2, 0.25) is 0 Å². The van der Waals surface area contributed by atoms with E-state index in [1.54, 1.807) is 19.4 Å². The number of hydrogen-bond acceptors (Lipinski definition) is 2. The van der Waals surface area contributed by atoms with Crippen molar-refractivity contribution in [3.05, 3.63) is 278 Å². The summed E-state index contributed by atoms with van der Waals surface area (Å²) >= 11 is 4.22. The molecule has 1 aliphatic rings. The van der Waals surface area contributed by atoms with Crippen molar-refractivity contribution in [1.29, 1.82) is 0 Å². The predicted molar refractivity (Wildman–Crippen MR) is 325 cm³/mol. The third kappa shape index (κ3) is 8.23. The van der Waals surface area contributed by atoms with E-state index < -0.39 is 40.4 Å². The van der Waals surface area contributed by atoms with Gasteiger partial charge in [-0.15, -0.1) is 22.7 Å². The zero-order valence-electron chi connectivity index (χ0n) is 40.9. The molecule has 0 radical (unpaired) electrons. The molecule has 346 valence electrons. The first-order chi connectivity index (χ1) is 34.7. The van der Waals surface area contributed by atoms with Crippen LogP contribution in [0.2, 0.25) is 26.2 Å². The highest BCUT2D eigenvalue weighted by Gasteiger charge is 2.52. The molecule has 0 N–H and O–H groups in total. The maximum Gasteiger partial charge on any atom is 0.182 e. The minimum atomic E-state index is -2.74. The lowest BCUT2D eigenvalue weighted by Gasteiger charge is -2.32. The standard InChI is InChI=1S/C64H58S2Si5/c1-67(2,45-47-69(51-29-13-5-14-30-51,52-31-15-6-16-32-52)53-33-17-7-18-34-53)61-49-59-63(65-61)64-60(71(59,57-41-25-11-26-42-57)58-43-27-12-28-44-58)50-62(66-64)68(3,4)46-48-70(54-35-19-8-20-36-54,55-37-21-9-22-38-55)56-39-23-10-24-40-56/h5-50H,1-4H3/b47-45+,48-46+. The second kappa shape index (κ2) is 19.4. The number of fused-ring (bicyclic) bond motifs is 3. The third-order valence-electron chi connectivity index (χ3n) is 15.0. The minimum Gasteiger partial charge on any atom is -0.144 e. The molecule has 0 saturated carbocycles. The first-order valence-corrected chi connectivity index (χ1v) is 38.8. The first-order valence-electron chi connectivity index (χ1n) is 24.8. The molecule has 1 aliphatic heterocycles. The Morgan fingerprint density at radius 2 is 0.521 bits per heavy atom. The van der Waals surface area contributed by atoms with Crippen LogP contribution in [0.4, 0.5) is 0 Å². The molecule has 7 heteroatoms. The lowest BCUT2D eigenvalue weighted by Crippen LogP contribution is -2.73. The van der Waals surface area contributed by atoms with Gasteiger partial charge in [0, 0.05) is 9.75 Å². The fourth-order valence-electron chi connectivity index (χ4n) is 11.2. The van der Waals surface area contributed by atoms with E-state index in [1.165, 1.54) is 51.2 Å². The van der Waals surface area contributed by atoms with E-state index in [0.717, 1.165) is 0 Å². The fourth-order valence-corrected chi connectivity index (χ4v) is 37.1. The number of thiophene rings is 2. The molecule has 0 nitrogen and oxygen atoms in total. The summed E-state index contributed by atoms with van der Waals surface area (Å²) in [4.78, 5) is 3.01. The average molecular weight is 1030 g/mol. The molecule has 0 amide bonds. The molecule has 10 aromatic rings. The van der Waals surface area contributed by atoms with E-state index in [0.29, 0.717) is 0 Å². The van der Waals surface area contributed by atoms with E-state index >= 15 is 0 Å². The molecule has 0 saturated heterocycles. The van der Waals surface area contributed by atoms with Gasteiger partial charge >= 0.3 is 0 Å². The van der Waals surface area contributed by atoms with Gasteiger partial charge in [-0.05, 0) is 60.9 Å². The topological polar surface area (TPSA) is 0 Å². The van der Waals surface area contributed by atoms with Crippen LogP contribution in [0.1, 0.15) is 0 Å². The van der Waals surface area contributed by atoms with Gasteiger partial charge in [0.1, 0.15) is 16.1 Å². The lowest BCUT2D eigenvalue weighted by molar-refractivity contribution is 1.68. The van der Waals surface area contributed by atoms with Gasteiger partial charge in [0.15, 0.2) is 24.2 Å². The molecule has 8 aromatic carbocycles. The van der Waals surface area contributed by atoms with Gasteiger partial charge in [0.05, 0.1) is 0 Å². The summed E-state index contributed by atoms with van der Waals surface area (Å²) in [5, 5.41) is 14.6. The quantitative estimate of drug-likeness (QED) is 0.0757. The van der Waals surface area contributed by atoms with Crippen LogP contribution in [0.25, 0.3) is 9.75 Å². The Morgan fingerprint density at radius 1 is 0.296 bits per heavy atom. The van der Waals surface area contributed by atoms with Crippen molar-refractivity contribution in [1.82, 2.24) is 0 Å². The van der Waals surface area contributed by atoms with E-state index in [-0.39, 0.29) is 0 Å². The Labute approximate surface area is 434 Å². The Balaban J connectivity index is 1.09. The molecular formula is C64H58S2Si5. The molecule has 0 fully saturated rings. The van der Waals surface area contributed by atoms with Crippen LogP contribution in [0.3, 0.4) is 0 Å². The molecule has 3 heterocycles. The van der Waals surface area contributed by atoms with E-state index in [1.807, 2.05) is 0 Å². The summed E-state index contributed by atoms with van der Waals surface area (Å²) in [5.74, 6) is 0. The first kappa shape index (κ1) is 47.1. The van der Waals surface area contributed by atoms with Crippen molar-refractivity contribution in [3.63, 3.8) is 0 Å². The Hall–Kier alpha value is -6.28. The molecule has 0 bridgehead atoms. The monoisotopic (exact) mass is 1030 g/mol. The summed E-state index contributed by atoms with van der Waals surface area (Å²) < 4.78 is 3.11. The minimum absolute atomic E-state index is 1.42. The van der Waals surface area contributed by atoms with Gasteiger partial charge in [0.25, 0.3) is 0 Å². The van der Waals surface area contributed by atoms with Crippen LogP contribution in [0.15, 0.2) is 278 Å². The Morgan fingerprint density at radius 3 is 0.761 bits per heavy atom. The summed E-state index contributed by atoms with van der Waals surface area (Å²) in [5.41, 5.74) is 10.8. The van der Waals surface area contributed by atoms with Crippen molar-refractivity contribution < 1.29 is 0 Å². The number of benzene rings is 8. The van der Waals surface area contributed by atoms with Gasteiger partial charge in [-0.1, -0.05) is 304 Å². The van der Waals surface area contributed by atoms with Gasteiger partial charge < -0.3 is 0 Å². The second-order valence-electron chi connectivity index (χ2n) is 20.1. The van der Waals surface area contributed by atoms with Crippen LogP contribution >= 0.6 is 22.7 Å². The Kier molecular flexibility index (Phi) is 12.9. The summed E-state index contributed by atoms with van der Waals surface area (Å²) in [7, 11) is -12.4. The average Bonchev–Trinajstić information content (AvgIpc) is 4.15. The SMILES string of the molecule is C[Si](C)(/C=C/[Si](c1ccccc1)(c1ccccc1)c1ccccc1)c1cc2c(s1)-c1sc([Si](C)(C)/C=C/[Si](c3ccccc3)(c3ccccc3)c3ccccc3)cc1[Si]2(c1ccccc1)c1ccccc1. The lowest BCUT2D eigenvalue weighted by atomic mass is 10.3. The zero-order chi connectivity index (χ0) is 48.5. The third-order valence-corrected chi connectivity index (χ3v) is 40.3. The highest BCUT2D eigenvalue weighted by molar-refractivity contribution is 7.41. The molecule has 11 rings (SSSR count). The molecule has 2 aromatic heterocycles. The smallest absolute Gasteiger partial charge is 0.144 e. The van der Waals surface area contributed by atoms with Crippen LogP contribution in [0.5, 0.6) is 0 Å². The molecule has 0 spiro atoms. The van der Waals surface area contributed by atoms with Gasteiger partial charge in [-0.25, -0.2) is 0 Å². The second-order valence-corrected chi connectivity index (χ2v) is 42.7. The summed E-state index contributed by atoms with van der Waals surface area (Å²) in [6.45, 7) is 10.3. The van der Waals surface area contributed by atoms with Crippen LogP contribution in [-0.4, -0.2) is 40.4 Å². The molecule has 0 aliphatic carbocycles. The molecule has 0 atom stereocenters. The number of rotatable bonds is 14. The van der Waals surface area contributed by atoms with Gasteiger partial charge in [-0.3, -0.25) is 0 Å². The molecular weight excluding hydrogens is 973 g/mol. The highest BCUT2D eigenvalue weighted by atomic mass is 32.1. The van der Waals surface area contributed by atoms with E-state index in [9.17, 15) is 0 Å². The maximum absolute atomic E-state index is 2.74.